The second-order valence-corrected chi connectivity index (χ2v) is 7.40. The number of piperidine rings is 1. The molecule has 0 spiro atoms. The lowest BCUT2D eigenvalue weighted by molar-refractivity contribution is -0.137. The third-order valence-electron chi connectivity index (χ3n) is 4.29. The van der Waals surface area contributed by atoms with Crippen molar-refractivity contribution in [2.24, 2.45) is 17.6 Å². The van der Waals surface area contributed by atoms with Crippen molar-refractivity contribution < 1.29 is 14.3 Å². The summed E-state index contributed by atoms with van der Waals surface area (Å²) < 4.78 is 5.45. The minimum absolute atomic E-state index is 0. The van der Waals surface area contributed by atoms with Gasteiger partial charge in [-0.1, -0.05) is 13.8 Å². The number of nitrogens with zero attached hydrogens (tertiary/aromatic N) is 1. The van der Waals surface area contributed by atoms with Crippen LogP contribution < -0.4 is 11.1 Å². The van der Waals surface area contributed by atoms with Crippen LogP contribution in [0.1, 0.15) is 53.4 Å². The first kappa shape index (κ1) is 24.1. The summed E-state index contributed by atoms with van der Waals surface area (Å²) in [6.45, 7) is 10.7. The number of nitrogens with one attached hydrogen (secondary N) is 1. The SMILES string of the molecule is CC(C)C[C@H](N)C(=O)N1CCC(C(=O)NCCCOC(C)C)CC1.Cl. The van der Waals surface area contributed by atoms with Crippen LogP contribution in [-0.4, -0.2) is 55.1 Å². The molecule has 3 N–H and O–H groups in total. The van der Waals surface area contributed by atoms with E-state index in [0.717, 1.165) is 6.42 Å². The molecule has 6 nitrogen and oxygen atoms in total. The van der Waals surface area contributed by atoms with Gasteiger partial charge in [0.2, 0.25) is 11.8 Å². The van der Waals surface area contributed by atoms with Gasteiger partial charge in [-0.25, -0.2) is 0 Å². The Labute approximate surface area is 158 Å². The molecule has 2 amide bonds. The van der Waals surface area contributed by atoms with Crippen LogP contribution in [0.2, 0.25) is 0 Å². The molecule has 25 heavy (non-hydrogen) atoms. The minimum Gasteiger partial charge on any atom is -0.379 e. The lowest BCUT2D eigenvalue weighted by atomic mass is 9.94. The molecule has 148 valence electrons. The second kappa shape index (κ2) is 12.5. The molecule has 7 heteroatoms. The zero-order valence-corrected chi connectivity index (χ0v) is 16.9. The number of likely N-dealkylation sites (tertiary alicyclic amines) is 1. The van der Waals surface area contributed by atoms with Crippen LogP contribution in [0.15, 0.2) is 0 Å². The van der Waals surface area contributed by atoms with Gasteiger partial charge >= 0.3 is 0 Å². The fourth-order valence-corrected chi connectivity index (χ4v) is 2.95. The van der Waals surface area contributed by atoms with Crippen molar-refractivity contribution in [2.45, 2.75) is 65.5 Å². The predicted molar refractivity (Wildman–Crippen MR) is 103 cm³/mol. The molecule has 1 saturated heterocycles. The van der Waals surface area contributed by atoms with E-state index < -0.39 is 6.04 Å². The van der Waals surface area contributed by atoms with E-state index in [1.54, 1.807) is 0 Å². The summed E-state index contributed by atoms with van der Waals surface area (Å²) in [4.78, 5) is 26.3. The smallest absolute Gasteiger partial charge is 0.239 e. The standard InChI is InChI=1S/C18H35N3O3.ClH/c1-13(2)12-16(19)18(23)21-9-6-15(7-10-21)17(22)20-8-5-11-24-14(3)4;/h13-16H,5-12,19H2,1-4H3,(H,20,22);1H/t16-;/m0./s1. The number of rotatable bonds is 9. The van der Waals surface area contributed by atoms with Crippen molar-refractivity contribution >= 4 is 24.2 Å². The summed E-state index contributed by atoms with van der Waals surface area (Å²) in [5.74, 6) is 0.528. The number of halogens is 1. The lowest BCUT2D eigenvalue weighted by Crippen LogP contribution is -2.49. The van der Waals surface area contributed by atoms with Crippen LogP contribution in [0.5, 0.6) is 0 Å². The van der Waals surface area contributed by atoms with Gasteiger partial charge in [0.25, 0.3) is 0 Å². The average Bonchev–Trinajstić information content (AvgIpc) is 2.52. The molecule has 0 unspecified atom stereocenters. The van der Waals surface area contributed by atoms with E-state index in [0.29, 0.717) is 51.4 Å². The van der Waals surface area contributed by atoms with Gasteiger partial charge in [-0.2, -0.15) is 0 Å². The van der Waals surface area contributed by atoms with Crippen LogP contribution in [0.3, 0.4) is 0 Å². The van der Waals surface area contributed by atoms with Gasteiger partial charge in [-0.3, -0.25) is 9.59 Å². The summed E-state index contributed by atoms with van der Waals surface area (Å²) >= 11 is 0. The number of nitrogens with two attached hydrogens (primary N) is 1. The molecule has 1 fully saturated rings. The van der Waals surface area contributed by atoms with Crippen LogP contribution in [0.4, 0.5) is 0 Å². The maximum atomic E-state index is 12.3. The summed E-state index contributed by atoms with van der Waals surface area (Å²) in [5.41, 5.74) is 5.98. The zero-order chi connectivity index (χ0) is 18.1. The molecule has 0 aromatic rings. The molecule has 0 aromatic carbocycles. The van der Waals surface area contributed by atoms with E-state index in [1.807, 2.05) is 18.7 Å². The highest BCUT2D eigenvalue weighted by Gasteiger charge is 2.29. The highest BCUT2D eigenvalue weighted by Crippen LogP contribution is 2.18. The molecular weight excluding hydrogens is 342 g/mol. The van der Waals surface area contributed by atoms with E-state index in [-0.39, 0.29) is 36.2 Å². The summed E-state index contributed by atoms with van der Waals surface area (Å²) in [5, 5.41) is 2.97. The minimum atomic E-state index is -0.420. The Kier molecular flexibility index (Phi) is 12.1. The molecular formula is C18H36ClN3O3. The number of carbonyl (C=O) groups is 2. The van der Waals surface area contributed by atoms with Gasteiger partial charge in [-0.05, 0) is 45.4 Å². The Morgan fingerprint density at radius 3 is 2.32 bits per heavy atom. The molecule has 1 aliphatic rings. The van der Waals surface area contributed by atoms with Crippen LogP contribution in [-0.2, 0) is 14.3 Å². The quantitative estimate of drug-likeness (QED) is 0.601. The third kappa shape index (κ3) is 9.42. The monoisotopic (exact) mass is 377 g/mol. The Hall–Kier alpha value is -0.850. The van der Waals surface area contributed by atoms with E-state index in [9.17, 15) is 9.59 Å². The molecule has 1 aliphatic heterocycles. The fraction of sp³-hybridized carbons (Fsp3) is 0.889. The number of ether oxygens (including phenoxy) is 1. The van der Waals surface area contributed by atoms with Crippen molar-refractivity contribution in [2.75, 3.05) is 26.2 Å². The fourth-order valence-electron chi connectivity index (χ4n) is 2.95. The molecule has 0 aromatic heterocycles. The van der Waals surface area contributed by atoms with Gasteiger partial charge in [0, 0.05) is 32.2 Å². The highest BCUT2D eigenvalue weighted by atomic mass is 35.5. The van der Waals surface area contributed by atoms with Crippen LogP contribution in [0.25, 0.3) is 0 Å². The maximum absolute atomic E-state index is 12.3. The van der Waals surface area contributed by atoms with Crippen molar-refractivity contribution in [3.05, 3.63) is 0 Å². The lowest BCUT2D eigenvalue weighted by Gasteiger charge is -2.33. The Balaban J connectivity index is 0.00000576. The van der Waals surface area contributed by atoms with E-state index >= 15 is 0 Å². The van der Waals surface area contributed by atoms with E-state index in [4.69, 9.17) is 10.5 Å². The zero-order valence-electron chi connectivity index (χ0n) is 16.1. The first-order chi connectivity index (χ1) is 11.3. The third-order valence-corrected chi connectivity index (χ3v) is 4.29. The van der Waals surface area contributed by atoms with Crippen molar-refractivity contribution in [1.29, 1.82) is 0 Å². The summed E-state index contributed by atoms with van der Waals surface area (Å²) in [6.07, 6.45) is 3.19. The molecule has 0 bridgehead atoms. The molecule has 1 atom stereocenters. The Morgan fingerprint density at radius 1 is 1.20 bits per heavy atom. The van der Waals surface area contributed by atoms with Crippen molar-refractivity contribution in [3.63, 3.8) is 0 Å². The summed E-state index contributed by atoms with van der Waals surface area (Å²) in [6, 6.07) is -0.420. The maximum Gasteiger partial charge on any atom is 0.239 e. The largest absolute Gasteiger partial charge is 0.379 e. The second-order valence-electron chi connectivity index (χ2n) is 7.40. The van der Waals surface area contributed by atoms with Gasteiger partial charge in [0.15, 0.2) is 0 Å². The van der Waals surface area contributed by atoms with Gasteiger partial charge < -0.3 is 20.7 Å². The normalized spacial score (nSPS) is 16.7. The first-order valence-electron chi connectivity index (χ1n) is 9.25. The van der Waals surface area contributed by atoms with Gasteiger partial charge in [0.1, 0.15) is 0 Å². The van der Waals surface area contributed by atoms with Crippen LogP contribution in [0, 0.1) is 11.8 Å². The summed E-state index contributed by atoms with van der Waals surface area (Å²) in [7, 11) is 0. The number of hydrogen-bond donors (Lipinski definition) is 2. The van der Waals surface area contributed by atoms with Gasteiger partial charge in [-0.15, -0.1) is 12.4 Å². The average molecular weight is 378 g/mol. The van der Waals surface area contributed by atoms with Gasteiger partial charge in [0.05, 0.1) is 12.1 Å². The molecule has 0 radical (unpaired) electrons. The van der Waals surface area contributed by atoms with Crippen LogP contribution >= 0.6 is 12.4 Å². The van der Waals surface area contributed by atoms with E-state index in [2.05, 4.69) is 19.2 Å². The molecule has 1 heterocycles. The number of amides is 2. The molecule has 0 aliphatic carbocycles. The number of hydrogen-bond acceptors (Lipinski definition) is 4. The topological polar surface area (TPSA) is 84.7 Å². The van der Waals surface area contributed by atoms with Crippen molar-refractivity contribution in [3.8, 4) is 0 Å². The number of carbonyl (C=O) groups excluding carboxylic acids is 2. The van der Waals surface area contributed by atoms with E-state index in [1.165, 1.54) is 0 Å². The Morgan fingerprint density at radius 2 is 1.80 bits per heavy atom. The Bertz CT molecular complexity index is 397. The van der Waals surface area contributed by atoms with Crippen molar-refractivity contribution in [1.82, 2.24) is 10.2 Å². The molecule has 1 rings (SSSR count). The highest BCUT2D eigenvalue weighted by molar-refractivity contribution is 5.85. The predicted octanol–water partition coefficient (Wildman–Crippen LogP) is 1.95. The molecule has 0 saturated carbocycles. The first-order valence-corrected chi connectivity index (χ1v) is 9.25.